The average molecular weight is 261 g/mol. The molecule has 1 unspecified atom stereocenters. The van der Waals surface area contributed by atoms with Gasteiger partial charge in [0, 0.05) is 17.2 Å². The number of fused-ring (bicyclic) bond motifs is 3. The van der Waals surface area contributed by atoms with E-state index in [9.17, 15) is 0 Å². The van der Waals surface area contributed by atoms with Crippen LogP contribution >= 0.6 is 15.9 Å². The molecule has 0 N–H and O–H groups in total. The molecular weight excluding hydrogens is 252 g/mol. The third kappa shape index (κ3) is 1.38. The van der Waals surface area contributed by atoms with Crippen molar-refractivity contribution in [3.8, 4) is 11.4 Å². The zero-order chi connectivity index (χ0) is 10.3. The fourth-order valence-electron chi connectivity index (χ4n) is 1.99. The third-order valence-electron chi connectivity index (χ3n) is 2.69. The maximum atomic E-state index is 4.42. The molecule has 74 valence electrons. The lowest BCUT2D eigenvalue weighted by Crippen LogP contribution is -2.08. The highest BCUT2D eigenvalue weighted by molar-refractivity contribution is 9.09. The number of hydrogen-bond acceptors (Lipinski definition) is 2. The maximum Gasteiger partial charge on any atom is 0.0932 e. The molecule has 1 aliphatic carbocycles. The van der Waals surface area contributed by atoms with Gasteiger partial charge in [0.05, 0.1) is 11.4 Å². The summed E-state index contributed by atoms with van der Waals surface area (Å²) in [6.07, 6.45) is 4.63. The summed E-state index contributed by atoms with van der Waals surface area (Å²) in [7, 11) is 0. The summed E-state index contributed by atoms with van der Waals surface area (Å²) in [5, 5.41) is 0. The Morgan fingerprint density at radius 3 is 2.67 bits per heavy atom. The Morgan fingerprint density at radius 2 is 1.80 bits per heavy atom. The zero-order valence-electron chi connectivity index (χ0n) is 8.02. The molecule has 0 bridgehead atoms. The lowest BCUT2D eigenvalue weighted by atomic mass is 9.93. The highest BCUT2D eigenvalue weighted by Crippen LogP contribution is 2.39. The maximum absolute atomic E-state index is 4.42. The summed E-state index contributed by atoms with van der Waals surface area (Å²) >= 11 is 3.69. The van der Waals surface area contributed by atoms with Crippen molar-refractivity contribution in [1.29, 1.82) is 0 Å². The Morgan fingerprint density at radius 1 is 1.07 bits per heavy atom. The number of halogens is 1. The van der Waals surface area contributed by atoms with Crippen LogP contribution in [-0.2, 0) is 6.42 Å². The van der Waals surface area contributed by atoms with Gasteiger partial charge in [-0.3, -0.25) is 9.97 Å². The van der Waals surface area contributed by atoms with Gasteiger partial charge in [-0.25, -0.2) is 0 Å². The first-order chi connectivity index (χ1) is 7.36. The van der Waals surface area contributed by atoms with Gasteiger partial charge in [-0.1, -0.05) is 28.1 Å². The van der Waals surface area contributed by atoms with E-state index >= 15 is 0 Å². The largest absolute Gasteiger partial charge is 0.254 e. The molecule has 0 aromatic carbocycles. The van der Waals surface area contributed by atoms with Gasteiger partial charge in [-0.2, -0.15) is 0 Å². The summed E-state index contributed by atoms with van der Waals surface area (Å²) in [5.41, 5.74) is 4.55. The van der Waals surface area contributed by atoms with E-state index in [4.69, 9.17) is 0 Å². The van der Waals surface area contributed by atoms with E-state index in [1.165, 1.54) is 11.1 Å². The summed E-state index contributed by atoms with van der Waals surface area (Å²) in [5.74, 6) is 0. The van der Waals surface area contributed by atoms with Crippen molar-refractivity contribution < 1.29 is 0 Å². The summed E-state index contributed by atoms with van der Waals surface area (Å²) in [6, 6.07) is 8.18. The van der Waals surface area contributed by atoms with E-state index < -0.39 is 0 Å². The summed E-state index contributed by atoms with van der Waals surface area (Å²) in [6.45, 7) is 0. The molecule has 0 saturated heterocycles. The fraction of sp³-hybridized carbons (Fsp3) is 0.167. The van der Waals surface area contributed by atoms with Gasteiger partial charge in [0.1, 0.15) is 0 Å². The molecule has 1 aliphatic rings. The molecular formula is C12H9BrN2. The highest BCUT2D eigenvalue weighted by Gasteiger charge is 2.23. The molecule has 0 amide bonds. The van der Waals surface area contributed by atoms with Crippen molar-refractivity contribution in [2.24, 2.45) is 0 Å². The number of rotatable bonds is 0. The number of pyridine rings is 2. The molecule has 2 aromatic heterocycles. The van der Waals surface area contributed by atoms with Crippen LogP contribution in [-0.4, -0.2) is 9.97 Å². The highest BCUT2D eigenvalue weighted by atomic mass is 79.9. The van der Waals surface area contributed by atoms with Crippen molar-refractivity contribution in [2.45, 2.75) is 11.2 Å². The first-order valence-corrected chi connectivity index (χ1v) is 5.81. The van der Waals surface area contributed by atoms with Crippen LogP contribution in [0.3, 0.4) is 0 Å². The second-order valence-electron chi connectivity index (χ2n) is 3.62. The topological polar surface area (TPSA) is 25.8 Å². The smallest absolute Gasteiger partial charge is 0.0932 e. The second kappa shape index (κ2) is 3.42. The molecule has 0 spiro atoms. The van der Waals surface area contributed by atoms with Gasteiger partial charge in [-0.15, -0.1) is 0 Å². The standard InChI is InChI=1S/C12H9BrN2/c13-10-7-8-3-1-5-14-11(8)12-9(10)4-2-6-15-12/h1-6,10H,7H2. The van der Waals surface area contributed by atoms with Crippen LogP contribution in [0.1, 0.15) is 16.0 Å². The fourth-order valence-corrected chi connectivity index (χ4v) is 2.71. The Kier molecular flexibility index (Phi) is 2.06. The van der Waals surface area contributed by atoms with Gasteiger partial charge >= 0.3 is 0 Å². The van der Waals surface area contributed by atoms with Crippen molar-refractivity contribution in [2.75, 3.05) is 0 Å². The predicted octanol–water partition coefficient (Wildman–Crippen LogP) is 3.14. The summed E-state index contributed by atoms with van der Waals surface area (Å²) < 4.78 is 0. The van der Waals surface area contributed by atoms with E-state index in [1.54, 1.807) is 0 Å². The van der Waals surface area contributed by atoms with Crippen molar-refractivity contribution in [1.82, 2.24) is 9.97 Å². The van der Waals surface area contributed by atoms with Crippen LogP contribution in [0.15, 0.2) is 36.7 Å². The van der Waals surface area contributed by atoms with Crippen LogP contribution in [0.2, 0.25) is 0 Å². The first kappa shape index (κ1) is 9.04. The van der Waals surface area contributed by atoms with Crippen LogP contribution < -0.4 is 0 Å². The van der Waals surface area contributed by atoms with E-state index in [-0.39, 0.29) is 0 Å². The zero-order valence-corrected chi connectivity index (χ0v) is 9.61. The number of hydrogen-bond donors (Lipinski definition) is 0. The second-order valence-corrected chi connectivity index (χ2v) is 4.73. The molecule has 0 aliphatic heterocycles. The molecule has 1 atom stereocenters. The Bertz CT molecular complexity index is 510. The van der Waals surface area contributed by atoms with Crippen LogP contribution in [0.5, 0.6) is 0 Å². The van der Waals surface area contributed by atoms with E-state index in [0.717, 1.165) is 17.8 Å². The SMILES string of the molecule is BrC1Cc2cccnc2-c2ncccc21. The van der Waals surface area contributed by atoms with Crippen LogP contribution in [0.4, 0.5) is 0 Å². The lowest BCUT2D eigenvalue weighted by molar-refractivity contribution is 0.903. The Labute approximate surface area is 96.5 Å². The van der Waals surface area contributed by atoms with Gasteiger partial charge in [0.25, 0.3) is 0 Å². The molecule has 3 heteroatoms. The molecule has 3 rings (SSSR count). The molecule has 2 aromatic rings. The van der Waals surface area contributed by atoms with Gasteiger partial charge in [0.2, 0.25) is 0 Å². The van der Waals surface area contributed by atoms with Gasteiger partial charge in [0.15, 0.2) is 0 Å². The van der Waals surface area contributed by atoms with Crippen molar-refractivity contribution >= 4 is 15.9 Å². The number of alkyl halides is 1. The minimum atomic E-state index is 0.359. The quantitative estimate of drug-likeness (QED) is 0.681. The van der Waals surface area contributed by atoms with E-state index in [2.05, 4.69) is 38.0 Å². The van der Waals surface area contributed by atoms with Crippen molar-refractivity contribution in [3.63, 3.8) is 0 Å². The third-order valence-corrected chi connectivity index (χ3v) is 3.51. The van der Waals surface area contributed by atoms with Crippen LogP contribution in [0.25, 0.3) is 11.4 Å². The van der Waals surface area contributed by atoms with Crippen molar-refractivity contribution in [3.05, 3.63) is 47.8 Å². The molecule has 0 radical (unpaired) electrons. The monoisotopic (exact) mass is 260 g/mol. The number of nitrogens with zero attached hydrogens (tertiary/aromatic N) is 2. The summed E-state index contributed by atoms with van der Waals surface area (Å²) in [4.78, 5) is 9.19. The minimum absolute atomic E-state index is 0.359. The molecule has 0 saturated carbocycles. The van der Waals surface area contributed by atoms with Gasteiger partial charge < -0.3 is 0 Å². The lowest BCUT2D eigenvalue weighted by Gasteiger charge is -2.21. The van der Waals surface area contributed by atoms with E-state index in [0.29, 0.717) is 4.83 Å². The molecule has 15 heavy (non-hydrogen) atoms. The predicted molar refractivity (Wildman–Crippen MR) is 62.8 cm³/mol. The van der Waals surface area contributed by atoms with E-state index in [1.807, 2.05) is 24.5 Å². The van der Waals surface area contributed by atoms with Crippen LogP contribution in [0, 0.1) is 0 Å². The average Bonchev–Trinajstić information content (AvgIpc) is 2.30. The Hall–Kier alpha value is -1.22. The normalized spacial score (nSPS) is 18.1. The number of aromatic nitrogens is 2. The minimum Gasteiger partial charge on any atom is -0.254 e. The molecule has 2 nitrogen and oxygen atoms in total. The molecule has 0 fully saturated rings. The Balaban J connectivity index is 2.30. The first-order valence-electron chi connectivity index (χ1n) is 4.89. The van der Waals surface area contributed by atoms with Gasteiger partial charge in [-0.05, 0) is 29.7 Å². The molecule has 2 heterocycles.